The van der Waals surface area contributed by atoms with Gasteiger partial charge in [-0.15, -0.1) is 0 Å². The Bertz CT molecular complexity index is 1030. The zero-order valence-corrected chi connectivity index (χ0v) is 20.1. The van der Waals surface area contributed by atoms with Crippen molar-refractivity contribution in [2.75, 3.05) is 7.11 Å². The molecular weight excluding hydrogens is 481 g/mol. The van der Waals surface area contributed by atoms with Crippen LogP contribution in [-0.2, 0) is 32.1 Å². The average molecular weight is 511 g/mol. The molecule has 3 atom stereocenters. The van der Waals surface area contributed by atoms with Gasteiger partial charge in [-0.25, -0.2) is 4.79 Å². The molecule has 0 aromatic heterocycles. The first-order chi connectivity index (χ1) is 16.8. The van der Waals surface area contributed by atoms with E-state index in [1.54, 1.807) is 48.5 Å². The van der Waals surface area contributed by atoms with E-state index in [0.29, 0.717) is 18.2 Å². The third kappa shape index (κ3) is 8.56. The van der Waals surface area contributed by atoms with Crippen LogP contribution < -0.4 is 15.4 Å². The van der Waals surface area contributed by atoms with Gasteiger partial charge in [0.15, 0.2) is 5.60 Å². The maximum Gasteiger partial charge on any atom is 0.417 e. The van der Waals surface area contributed by atoms with Crippen LogP contribution in [0.15, 0.2) is 54.6 Å². The van der Waals surface area contributed by atoms with Crippen molar-refractivity contribution in [1.29, 1.82) is 0 Å². The topological polar surface area (TPSA) is 114 Å². The number of alkyl halides is 3. The van der Waals surface area contributed by atoms with Gasteiger partial charge in [-0.05, 0) is 37.1 Å². The van der Waals surface area contributed by atoms with Gasteiger partial charge in [0.05, 0.1) is 13.5 Å². The molecule has 0 spiro atoms. The average Bonchev–Trinajstić information content (AvgIpc) is 2.82. The summed E-state index contributed by atoms with van der Waals surface area (Å²) in [5, 5.41) is 14.1. The molecule has 0 fully saturated rings. The molecule has 0 heterocycles. The summed E-state index contributed by atoms with van der Waals surface area (Å²) >= 11 is 0. The molecule has 0 radical (unpaired) electrons. The monoisotopic (exact) mass is 510 g/mol. The number of amides is 2. The Hall–Kier alpha value is -3.60. The van der Waals surface area contributed by atoms with Crippen LogP contribution in [-0.4, -0.2) is 53.9 Å². The molecule has 8 nitrogen and oxygen atoms in total. The van der Waals surface area contributed by atoms with Gasteiger partial charge in [-0.1, -0.05) is 42.5 Å². The van der Waals surface area contributed by atoms with E-state index >= 15 is 0 Å². The fourth-order valence-electron chi connectivity index (χ4n) is 3.09. The summed E-state index contributed by atoms with van der Waals surface area (Å²) in [7, 11) is 1.50. The molecule has 2 aromatic carbocycles. The normalized spacial score (nSPS) is 14.6. The maximum atomic E-state index is 12.8. The molecule has 0 saturated heterocycles. The molecule has 3 unspecified atom stereocenters. The Morgan fingerprint density at radius 3 is 2.14 bits per heavy atom. The van der Waals surface area contributed by atoms with E-state index in [2.05, 4.69) is 10.6 Å². The van der Waals surface area contributed by atoms with Crippen LogP contribution >= 0.6 is 0 Å². The largest absolute Gasteiger partial charge is 0.497 e. The summed E-state index contributed by atoms with van der Waals surface area (Å²) in [4.78, 5) is 37.5. The molecule has 0 saturated carbocycles. The number of nitrogens with one attached hydrogen (secondary N) is 2. The number of methoxy groups -OCH3 is 1. The number of carbonyl (C=O) groups is 3. The number of halogens is 3. The molecule has 196 valence electrons. The fourth-order valence-corrected chi connectivity index (χ4v) is 3.09. The Balaban J connectivity index is 2.07. The predicted octanol–water partition coefficient (Wildman–Crippen LogP) is 2.67. The lowest BCUT2D eigenvalue weighted by atomic mass is 10.0. The zero-order chi connectivity index (χ0) is 26.9. The van der Waals surface area contributed by atoms with Crippen molar-refractivity contribution >= 4 is 17.8 Å². The lowest BCUT2D eigenvalue weighted by Gasteiger charge is -2.26. The van der Waals surface area contributed by atoms with Crippen molar-refractivity contribution in [3.8, 4) is 5.75 Å². The summed E-state index contributed by atoms with van der Waals surface area (Å²) in [6.45, 7) is 1.67. The first kappa shape index (κ1) is 28.6. The maximum absolute atomic E-state index is 12.8. The molecule has 0 bridgehead atoms. The van der Waals surface area contributed by atoms with Gasteiger partial charge in [0.2, 0.25) is 11.8 Å². The molecule has 0 aliphatic carbocycles. The SMILES string of the molecule is COc1ccc(CC(NC(=O)C(C)NC(=O)CC(C)(O)C(F)(F)F)C(=O)OCc2ccccc2)cc1. The smallest absolute Gasteiger partial charge is 0.417 e. The van der Waals surface area contributed by atoms with Crippen molar-refractivity contribution in [3.63, 3.8) is 0 Å². The number of hydrogen-bond acceptors (Lipinski definition) is 6. The number of benzene rings is 2. The second-order valence-corrected chi connectivity index (χ2v) is 8.44. The van der Waals surface area contributed by atoms with Gasteiger partial charge >= 0.3 is 12.1 Å². The Labute approximate surface area is 206 Å². The minimum Gasteiger partial charge on any atom is -0.497 e. The van der Waals surface area contributed by atoms with E-state index < -0.39 is 48.1 Å². The second-order valence-electron chi connectivity index (χ2n) is 8.44. The Morgan fingerprint density at radius 2 is 1.58 bits per heavy atom. The second kappa shape index (κ2) is 12.4. The highest BCUT2D eigenvalue weighted by Crippen LogP contribution is 2.32. The van der Waals surface area contributed by atoms with Gasteiger partial charge in [0.25, 0.3) is 0 Å². The molecular formula is C25H29F3N2O6. The van der Waals surface area contributed by atoms with Gasteiger partial charge in [-0.3, -0.25) is 9.59 Å². The number of esters is 1. The van der Waals surface area contributed by atoms with Crippen molar-refractivity contribution in [2.24, 2.45) is 0 Å². The number of aliphatic hydroxyl groups is 1. The molecule has 0 aliphatic rings. The van der Waals surface area contributed by atoms with Crippen LogP contribution in [0.25, 0.3) is 0 Å². The number of carbonyl (C=O) groups excluding carboxylic acids is 3. The number of ether oxygens (including phenoxy) is 2. The first-order valence-electron chi connectivity index (χ1n) is 11.0. The zero-order valence-electron chi connectivity index (χ0n) is 20.1. The molecule has 2 rings (SSSR count). The van der Waals surface area contributed by atoms with E-state index in [1.165, 1.54) is 14.0 Å². The highest BCUT2D eigenvalue weighted by Gasteiger charge is 2.51. The standard InChI is InChI=1S/C25H29F3N2O6/c1-16(29-21(31)14-24(2,34)25(26,27)28)22(32)30-20(13-17-9-11-19(35-3)12-10-17)23(33)36-15-18-7-5-4-6-8-18/h4-12,16,20,34H,13-15H2,1-3H3,(H,29,31)(H,30,32). The van der Waals surface area contributed by atoms with Crippen molar-refractivity contribution in [3.05, 3.63) is 65.7 Å². The minimum absolute atomic E-state index is 0.0343. The fraction of sp³-hybridized carbons (Fsp3) is 0.400. The summed E-state index contributed by atoms with van der Waals surface area (Å²) in [5.74, 6) is -2.14. The lowest BCUT2D eigenvalue weighted by molar-refractivity contribution is -0.253. The van der Waals surface area contributed by atoms with Crippen molar-refractivity contribution in [1.82, 2.24) is 10.6 Å². The molecule has 11 heteroatoms. The summed E-state index contributed by atoms with van der Waals surface area (Å²) in [6.07, 6.45) is -6.27. The van der Waals surface area contributed by atoms with Crippen LogP contribution in [0.3, 0.4) is 0 Å². The molecule has 2 aromatic rings. The first-order valence-corrected chi connectivity index (χ1v) is 11.0. The van der Waals surface area contributed by atoms with E-state index in [9.17, 15) is 32.7 Å². The van der Waals surface area contributed by atoms with E-state index in [0.717, 1.165) is 5.56 Å². The van der Waals surface area contributed by atoms with Crippen LogP contribution in [0.1, 0.15) is 31.4 Å². The van der Waals surface area contributed by atoms with Crippen molar-refractivity contribution < 1.29 is 42.1 Å². The quantitative estimate of drug-likeness (QED) is 0.401. The number of rotatable bonds is 11. The molecule has 0 aliphatic heterocycles. The van der Waals surface area contributed by atoms with Gasteiger partial charge in [0, 0.05) is 6.42 Å². The van der Waals surface area contributed by atoms with Crippen LogP contribution in [0.4, 0.5) is 13.2 Å². The van der Waals surface area contributed by atoms with Gasteiger partial charge in [0.1, 0.15) is 24.4 Å². The van der Waals surface area contributed by atoms with Crippen LogP contribution in [0, 0.1) is 0 Å². The highest BCUT2D eigenvalue weighted by molar-refractivity contribution is 5.90. The van der Waals surface area contributed by atoms with Gasteiger partial charge in [-0.2, -0.15) is 13.2 Å². The van der Waals surface area contributed by atoms with E-state index in [4.69, 9.17) is 9.47 Å². The Morgan fingerprint density at radius 1 is 0.972 bits per heavy atom. The minimum atomic E-state index is -5.03. The van der Waals surface area contributed by atoms with Crippen LogP contribution in [0.2, 0.25) is 0 Å². The molecule has 36 heavy (non-hydrogen) atoms. The third-order valence-electron chi connectivity index (χ3n) is 5.31. The molecule has 3 N–H and O–H groups in total. The summed E-state index contributed by atoms with van der Waals surface area (Å²) in [5.41, 5.74) is -1.85. The lowest BCUT2D eigenvalue weighted by Crippen LogP contribution is -2.53. The summed E-state index contributed by atoms with van der Waals surface area (Å²) < 4.78 is 49.0. The third-order valence-corrected chi connectivity index (χ3v) is 5.31. The van der Waals surface area contributed by atoms with E-state index in [1.807, 2.05) is 6.07 Å². The highest BCUT2D eigenvalue weighted by atomic mass is 19.4. The number of hydrogen-bond donors (Lipinski definition) is 3. The predicted molar refractivity (Wildman–Crippen MR) is 124 cm³/mol. The van der Waals surface area contributed by atoms with Crippen molar-refractivity contribution in [2.45, 2.75) is 57.2 Å². The van der Waals surface area contributed by atoms with Gasteiger partial charge < -0.3 is 25.2 Å². The Kier molecular flexibility index (Phi) is 9.85. The van der Waals surface area contributed by atoms with E-state index in [-0.39, 0.29) is 13.0 Å². The molecule has 2 amide bonds. The van der Waals surface area contributed by atoms with Crippen LogP contribution in [0.5, 0.6) is 5.75 Å². The summed E-state index contributed by atoms with van der Waals surface area (Å²) in [6, 6.07) is 13.2.